The van der Waals surface area contributed by atoms with Gasteiger partial charge in [0.05, 0.1) is 17.1 Å². The molecule has 0 aliphatic carbocycles. The molecule has 1 fully saturated rings. The number of amides is 2. The molecule has 1 N–H and O–H groups in total. The number of hydrogen-bond acceptors (Lipinski definition) is 7. The van der Waals surface area contributed by atoms with Gasteiger partial charge < -0.3 is 15.0 Å². The molecule has 1 aliphatic heterocycles. The lowest BCUT2D eigenvalue weighted by Gasteiger charge is -2.23. The molecule has 0 aromatic carbocycles. The molecule has 10 heteroatoms. The number of thiophene rings is 1. The van der Waals surface area contributed by atoms with Crippen molar-refractivity contribution in [1.29, 1.82) is 0 Å². The zero-order valence-electron chi connectivity index (χ0n) is 15.1. The molecule has 2 heterocycles. The summed E-state index contributed by atoms with van der Waals surface area (Å²) in [6, 6.07) is -0.397. The van der Waals surface area contributed by atoms with Crippen LogP contribution in [0.25, 0.3) is 0 Å². The van der Waals surface area contributed by atoms with Gasteiger partial charge in [-0.1, -0.05) is 0 Å². The summed E-state index contributed by atoms with van der Waals surface area (Å²) in [4.78, 5) is 38.1. The number of nitrogens with one attached hydrogen (secondary N) is 1. The van der Waals surface area contributed by atoms with Crippen LogP contribution in [-0.4, -0.2) is 62.3 Å². The van der Waals surface area contributed by atoms with Gasteiger partial charge in [-0.15, -0.1) is 11.3 Å². The highest BCUT2D eigenvalue weighted by Gasteiger charge is 2.33. The van der Waals surface area contributed by atoms with E-state index in [9.17, 15) is 22.8 Å². The number of esters is 1. The molecule has 0 bridgehead atoms. The average Bonchev–Trinajstić information content (AvgIpc) is 3.03. The molecule has 1 atom stereocenters. The van der Waals surface area contributed by atoms with E-state index >= 15 is 0 Å². The van der Waals surface area contributed by atoms with Gasteiger partial charge in [0.1, 0.15) is 5.00 Å². The Morgan fingerprint density at radius 2 is 1.96 bits per heavy atom. The summed E-state index contributed by atoms with van der Waals surface area (Å²) in [5.74, 6) is -1.48. The van der Waals surface area contributed by atoms with Crippen LogP contribution >= 0.6 is 11.3 Å². The SMILES string of the molecule is CC(=O)Nc1sc(C)c(C)c1C(=O)OCC(=O)N(C)[C@@H]1CCS(=O)(=O)C1. The summed E-state index contributed by atoms with van der Waals surface area (Å²) in [7, 11) is -1.60. The first-order valence-corrected chi connectivity index (χ1v) is 10.7. The number of aryl methyl sites for hydroxylation is 1. The predicted octanol–water partition coefficient (Wildman–Crippen LogP) is 1.13. The van der Waals surface area contributed by atoms with Gasteiger partial charge in [0.25, 0.3) is 5.91 Å². The van der Waals surface area contributed by atoms with E-state index in [1.165, 1.54) is 30.2 Å². The van der Waals surface area contributed by atoms with E-state index in [4.69, 9.17) is 4.74 Å². The second kappa shape index (κ2) is 7.75. The quantitative estimate of drug-likeness (QED) is 0.739. The van der Waals surface area contributed by atoms with Gasteiger partial charge in [-0.25, -0.2) is 13.2 Å². The molecule has 0 unspecified atom stereocenters. The van der Waals surface area contributed by atoms with Gasteiger partial charge >= 0.3 is 5.97 Å². The third kappa shape index (κ3) is 4.61. The lowest BCUT2D eigenvalue weighted by atomic mass is 10.1. The van der Waals surface area contributed by atoms with Crippen molar-refractivity contribution in [2.45, 2.75) is 33.2 Å². The second-order valence-electron chi connectivity index (χ2n) is 6.31. The van der Waals surface area contributed by atoms with Crippen molar-refractivity contribution in [3.05, 3.63) is 16.0 Å². The van der Waals surface area contributed by atoms with E-state index in [2.05, 4.69) is 5.32 Å². The first-order valence-electron chi connectivity index (χ1n) is 8.02. The van der Waals surface area contributed by atoms with Crippen molar-refractivity contribution < 1.29 is 27.5 Å². The number of nitrogens with zero attached hydrogens (tertiary/aromatic N) is 1. The number of carbonyl (C=O) groups excluding carboxylic acids is 3. The van der Waals surface area contributed by atoms with E-state index < -0.39 is 34.4 Å². The zero-order chi connectivity index (χ0) is 19.6. The highest BCUT2D eigenvalue weighted by molar-refractivity contribution is 7.91. The summed E-state index contributed by atoms with van der Waals surface area (Å²) in [5.41, 5.74) is 0.924. The standard InChI is InChI=1S/C16H22N2O6S2/c1-9-10(2)25-15(17-11(3)19)14(9)16(21)24-7-13(20)18(4)12-5-6-26(22,23)8-12/h12H,5-8H2,1-4H3,(H,17,19)/t12-/m1/s1. The van der Waals surface area contributed by atoms with Crippen molar-refractivity contribution in [2.75, 3.05) is 30.5 Å². The molecule has 1 saturated heterocycles. The van der Waals surface area contributed by atoms with Gasteiger partial charge in [-0.3, -0.25) is 9.59 Å². The third-order valence-electron chi connectivity index (χ3n) is 4.36. The lowest BCUT2D eigenvalue weighted by molar-refractivity contribution is -0.134. The molecule has 1 aromatic rings. The molecule has 8 nitrogen and oxygen atoms in total. The van der Waals surface area contributed by atoms with Crippen LogP contribution in [0.15, 0.2) is 0 Å². The van der Waals surface area contributed by atoms with Gasteiger partial charge in [0.15, 0.2) is 16.4 Å². The summed E-state index contributed by atoms with van der Waals surface area (Å²) < 4.78 is 28.2. The zero-order valence-corrected chi connectivity index (χ0v) is 16.8. The molecule has 26 heavy (non-hydrogen) atoms. The van der Waals surface area contributed by atoms with Crippen LogP contribution in [0.1, 0.15) is 34.1 Å². The maximum atomic E-state index is 12.4. The highest BCUT2D eigenvalue weighted by Crippen LogP contribution is 2.33. The molecule has 0 saturated carbocycles. The van der Waals surface area contributed by atoms with Crippen molar-refractivity contribution in [3.63, 3.8) is 0 Å². The molecule has 2 amide bonds. The van der Waals surface area contributed by atoms with Gasteiger partial charge in [-0.2, -0.15) is 0 Å². The normalized spacial score (nSPS) is 18.4. The van der Waals surface area contributed by atoms with Crippen molar-refractivity contribution in [3.8, 4) is 0 Å². The fraction of sp³-hybridized carbons (Fsp3) is 0.562. The number of anilines is 1. The molecule has 1 aliphatic rings. The predicted molar refractivity (Wildman–Crippen MR) is 98.2 cm³/mol. The van der Waals surface area contributed by atoms with Gasteiger partial charge in [0.2, 0.25) is 5.91 Å². The minimum atomic E-state index is -3.11. The monoisotopic (exact) mass is 402 g/mol. The Hall–Kier alpha value is -1.94. The van der Waals surface area contributed by atoms with Crippen LogP contribution in [0.2, 0.25) is 0 Å². The van der Waals surface area contributed by atoms with Crippen LogP contribution in [0.5, 0.6) is 0 Å². The Morgan fingerprint density at radius 3 is 2.50 bits per heavy atom. The summed E-state index contributed by atoms with van der Waals surface area (Å²) in [6.07, 6.45) is 0.383. The van der Waals surface area contributed by atoms with Gasteiger partial charge in [-0.05, 0) is 25.8 Å². The minimum absolute atomic E-state index is 0.0581. The molecule has 144 valence electrons. The average molecular weight is 402 g/mol. The van der Waals surface area contributed by atoms with Crippen LogP contribution in [-0.2, 0) is 24.2 Å². The van der Waals surface area contributed by atoms with E-state index in [1.54, 1.807) is 6.92 Å². The fourth-order valence-corrected chi connectivity index (χ4v) is 5.58. The van der Waals surface area contributed by atoms with Crippen LogP contribution < -0.4 is 5.32 Å². The van der Waals surface area contributed by atoms with Gasteiger partial charge in [0, 0.05) is 24.9 Å². The summed E-state index contributed by atoms with van der Waals surface area (Å²) in [6.45, 7) is 4.42. The fourth-order valence-electron chi connectivity index (χ4n) is 2.71. The molecule has 0 radical (unpaired) electrons. The highest BCUT2D eigenvalue weighted by atomic mass is 32.2. The number of hydrogen-bond donors (Lipinski definition) is 1. The van der Waals surface area contributed by atoms with Crippen molar-refractivity contribution in [1.82, 2.24) is 4.90 Å². The maximum absolute atomic E-state index is 12.4. The second-order valence-corrected chi connectivity index (χ2v) is 9.76. The van der Waals surface area contributed by atoms with Crippen molar-refractivity contribution in [2.24, 2.45) is 0 Å². The molecule has 0 spiro atoms. The van der Waals surface area contributed by atoms with Crippen LogP contribution in [0.4, 0.5) is 5.00 Å². The van der Waals surface area contributed by atoms with E-state index in [-0.39, 0.29) is 23.0 Å². The van der Waals surface area contributed by atoms with Crippen LogP contribution in [0, 0.1) is 13.8 Å². The van der Waals surface area contributed by atoms with Crippen molar-refractivity contribution >= 4 is 44.0 Å². The summed E-state index contributed by atoms with van der Waals surface area (Å²) >= 11 is 1.26. The Kier molecular flexibility index (Phi) is 6.07. The molecular formula is C16H22N2O6S2. The Bertz CT molecular complexity index is 843. The maximum Gasteiger partial charge on any atom is 0.341 e. The Labute approximate surface area is 156 Å². The van der Waals surface area contributed by atoms with E-state index in [0.717, 1.165) is 4.88 Å². The Balaban J connectivity index is 2.02. The topological polar surface area (TPSA) is 110 Å². The third-order valence-corrected chi connectivity index (χ3v) is 7.23. The lowest BCUT2D eigenvalue weighted by Crippen LogP contribution is -2.40. The number of likely N-dealkylation sites (N-methyl/N-ethyl adjacent to an activating group) is 1. The number of sulfone groups is 1. The molecule has 1 aromatic heterocycles. The van der Waals surface area contributed by atoms with E-state index in [0.29, 0.717) is 17.0 Å². The van der Waals surface area contributed by atoms with Crippen LogP contribution in [0.3, 0.4) is 0 Å². The number of ether oxygens (including phenoxy) is 1. The Morgan fingerprint density at radius 1 is 1.31 bits per heavy atom. The summed E-state index contributed by atoms with van der Waals surface area (Å²) in [5, 5.41) is 2.99. The number of rotatable bonds is 5. The minimum Gasteiger partial charge on any atom is -0.452 e. The molecule has 2 rings (SSSR count). The van der Waals surface area contributed by atoms with E-state index in [1.807, 2.05) is 6.92 Å². The first-order chi connectivity index (χ1) is 12.0. The first kappa shape index (κ1) is 20.4. The smallest absolute Gasteiger partial charge is 0.341 e. The molecular weight excluding hydrogens is 380 g/mol. The largest absolute Gasteiger partial charge is 0.452 e. The number of carbonyl (C=O) groups is 3.